The van der Waals surface area contributed by atoms with Gasteiger partial charge in [-0.25, -0.2) is 9.67 Å². The molecule has 4 heterocycles. The minimum atomic E-state index is -0.280. The number of amides is 1. The number of H-pyrrole nitrogens is 1. The maximum Gasteiger partial charge on any atom is 0.254 e. The lowest BCUT2D eigenvalue weighted by Gasteiger charge is -2.35. The van der Waals surface area contributed by atoms with Gasteiger partial charge in [-0.2, -0.15) is 5.10 Å². The van der Waals surface area contributed by atoms with Gasteiger partial charge < -0.3 is 14.7 Å². The van der Waals surface area contributed by atoms with Gasteiger partial charge >= 0.3 is 0 Å². The van der Waals surface area contributed by atoms with Gasteiger partial charge in [-0.15, -0.1) is 0 Å². The van der Waals surface area contributed by atoms with Crippen LogP contribution < -0.4 is 10.9 Å². The topological polar surface area (TPSA) is 109 Å². The quantitative estimate of drug-likeness (QED) is 0.644. The van der Waals surface area contributed by atoms with E-state index in [9.17, 15) is 9.59 Å². The summed E-state index contributed by atoms with van der Waals surface area (Å²) in [7, 11) is 0. The third-order valence-corrected chi connectivity index (χ3v) is 5.72. The predicted octanol–water partition coefficient (Wildman–Crippen LogP) is 2.06. The summed E-state index contributed by atoms with van der Waals surface area (Å²) in [4.78, 5) is 33.4. The largest absolute Gasteiger partial charge is 0.468 e. The van der Waals surface area contributed by atoms with Crippen molar-refractivity contribution in [3.8, 4) is 5.82 Å². The van der Waals surface area contributed by atoms with Crippen LogP contribution >= 0.6 is 0 Å². The van der Waals surface area contributed by atoms with Gasteiger partial charge in [-0.3, -0.25) is 14.5 Å². The van der Waals surface area contributed by atoms with Crippen LogP contribution in [-0.2, 0) is 0 Å². The molecular weight excluding hydrogens is 384 g/mol. The average Bonchev–Trinajstić information content (AvgIpc) is 3.39. The zero-order chi connectivity index (χ0) is 21.1. The number of nitrogens with zero attached hydrogens (tertiary/aromatic N) is 4. The molecule has 1 aliphatic rings. The van der Waals surface area contributed by atoms with E-state index in [4.69, 9.17) is 4.42 Å². The van der Waals surface area contributed by atoms with Crippen molar-refractivity contribution in [2.45, 2.75) is 32.7 Å². The second-order valence-corrected chi connectivity index (χ2v) is 7.78. The molecule has 1 atom stereocenters. The smallest absolute Gasteiger partial charge is 0.254 e. The number of aromatic nitrogens is 4. The monoisotopic (exact) mass is 410 g/mol. The van der Waals surface area contributed by atoms with Crippen LogP contribution in [-0.4, -0.2) is 50.2 Å². The second-order valence-electron chi connectivity index (χ2n) is 7.78. The standard InChI is InChI=1S/C21H26N6O3/c1-14-5-7-26(8-6-14)17(18-4-3-9-30-18)12-22-21(29)16-11-25-27(15(16)2)19-10-20(28)24-13-23-19/h3-4,9-11,13-14,17H,5-8,12H2,1-2H3,(H,22,29)(H,23,24,28). The van der Waals surface area contributed by atoms with Gasteiger partial charge in [0.1, 0.15) is 5.76 Å². The Bertz CT molecular complexity index is 1050. The number of carbonyl (C=O) groups is 1. The van der Waals surface area contributed by atoms with Crippen LogP contribution in [0, 0.1) is 12.8 Å². The molecule has 2 N–H and O–H groups in total. The highest BCUT2D eigenvalue weighted by Gasteiger charge is 2.27. The molecule has 0 spiro atoms. The summed E-state index contributed by atoms with van der Waals surface area (Å²) < 4.78 is 7.15. The van der Waals surface area contributed by atoms with Gasteiger partial charge in [0.25, 0.3) is 11.5 Å². The van der Waals surface area contributed by atoms with Crippen LogP contribution in [0.2, 0.25) is 0 Å². The van der Waals surface area contributed by atoms with Crippen LogP contribution in [0.15, 0.2) is 46.2 Å². The summed E-state index contributed by atoms with van der Waals surface area (Å²) in [6.45, 7) is 6.45. The molecule has 1 aliphatic heterocycles. The first-order chi connectivity index (χ1) is 14.5. The number of hydrogen-bond acceptors (Lipinski definition) is 6. The summed E-state index contributed by atoms with van der Waals surface area (Å²) in [5.74, 6) is 1.72. The number of aromatic amines is 1. The summed E-state index contributed by atoms with van der Waals surface area (Å²) >= 11 is 0. The minimum absolute atomic E-state index is 0.0128. The molecule has 0 bridgehead atoms. The molecule has 4 rings (SSSR count). The summed E-state index contributed by atoms with van der Waals surface area (Å²) in [5, 5.41) is 7.27. The molecule has 9 heteroatoms. The highest BCUT2D eigenvalue weighted by molar-refractivity contribution is 5.95. The van der Waals surface area contributed by atoms with Crippen molar-refractivity contribution < 1.29 is 9.21 Å². The van der Waals surface area contributed by atoms with E-state index >= 15 is 0 Å². The summed E-state index contributed by atoms with van der Waals surface area (Å²) in [6.07, 6.45) is 6.75. The molecule has 30 heavy (non-hydrogen) atoms. The fraction of sp³-hybridized carbons (Fsp3) is 0.429. The van der Waals surface area contributed by atoms with Gasteiger partial charge in [0.15, 0.2) is 5.82 Å². The van der Waals surface area contributed by atoms with Gasteiger partial charge in [-0.05, 0) is 50.9 Å². The Kier molecular flexibility index (Phi) is 5.80. The molecular formula is C21H26N6O3. The van der Waals surface area contributed by atoms with Crippen molar-refractivity contribution in [1.82, 2.24) is 30.0 Å². The second kappa shape index (κ2) is 8.66. The lowest BCUT2D eigenvalue weighted by Crippen LogP contribution is -2.41. The van der Waals surface area contributed by atoms with E-state index < -0.39 is 0 Å². The molecule has 1 unspecified atom stereocenters. The zero-order valence-corrected chi connectivity index (χ0v) is 17.2. The Balaban J connectivity index is 1.48. The van der Waals surface area contributed by atoms with E-state index in [1.807, 2.05) is 12.1 Å². The van der Waals surface area contributed by atoms with Crippen LogP contribution in [0.1, 0.15) is 47.6 Å². The Morgan fingerprint density at radius 3 is 2.90 bits per heavy atom. The van der Waals surface area contributed by atoms with Gasteiger partial charge in [0, 0.05) is 12.6 Å². The first kappa shape index (κ1) is 20.1. The molecule has 0 aliphatic carbocycles. The Morgan fingerprint density at radius 2 is 2.20 bits per heavy atom. The average molecular weight is 410 g/mol. The molecule has 0 radical (unpaired) electrons. The van der Waals surface area contributed by atoms with Gasteiger partial charge in [0.05, 0.1) is 36.1 Å². The van der Waals surface area contributed by atoms with E-state index in [0.29, 0.717) is 23.6 Å². The van der Waals surface area contributed by atoms with Gasteiger partial charge in [-0.1, -0.05) is 6.92 Å². The molecule has 1 amide bonds. The van der Waals surface area contributed by atoms with E-state index in [1.54, 1.807) is 13.2 Å². The molecule has 158 valence electrons. The van der Waals surface area contributed by atoms with Crippen molar-refractivity contribution in [2.24, 2.45) is 5.92 Å². The van der Waals surface area contributed by atoms with Crippen molar-refractivity contribution in [2.75, 3.05) is 19.6 Å². The number of furan rings is 1. The zero-order valence-electron chi connectivity index (χ0n) is 17.2. The molecule has 1 saturated heterocycles. The number of nitrogens with one attached hydrogen (secondary N) is 2. The van der Waals surface area contributed by atoms with Crippen LogP contribution in [0.5, 0.6) is 0 Å². The number of likely N-dealkylation sites (tertiary alicyclic amines) is 1. The Labute approximate surface area is 174 Å². The van der Waals surface area contributed by atoms with E-state index in [1.165, 1.54) is 23.3 Å². The molecule has 0 aromatic carbocycles. The Morgan fingerprint density at radius 1 is 1.40 bits per heavy atom. The summed E-state index contributed by atoms with van der Waals surface area (Å²) in [6, 6.07) is 5.16. The van der Waals surface area contributed by atoms with Crippen molar-refractivity contribution in [3.63, 3.8) is 0 Å². The normalized spacial score (nSPS) is 16.5. The third kappa shape index (κ3) is 4.20. The lowest BCUT2D eigenvalue weighted by molar-refractivity contribution is 0.0895. The number of hydrogen-bond donors (Lipinski definition) is 2. The lowest BCUT2D eigenvalue weighted by atomic mass is 9.97. The fourth-order valence-electron chi connectivity index (χ4n) is 3.85. The number of piperidine rings is 1. The SMILES string of the molecule is Cc1c(C(=O)NCC(c2ccco2)N2CCC(C)CC2)cnn1-c1cc(=O)[nH]cn1. The van der Waals surface area contributed by atoms with Crippen LogP contribution in [0.25, 0.3) is 5.82 Å². The van der Waals surface area contributed by atoms with Crippen LogP contribution in [0.4, 0.5) is 0 Å². The Hall–Kier alpha value is -3.20. The predicted molar refractivity (Wildman–Crippen MR) is 110 cm³/mol. The molecule has 1 fully saturated rings. The van der Waals surface area contributed by atoms with Crippen molar-refractivity contribution >= 4 is 5.91 Å². The van der Waals surface area contributed by atoms with Crippen molar-refractivity contribution in [1.29, 1.82) is 0 Å². The first-order valence-corrected chi connectivity index (χ1v) is 10.2. The number of rotatable bonds is 6. The summed E-state index contributed by atoms with van der Waals surface area (Å²) in [5.41, 5.74) is 0.785. The van der Waals surface area contributed by atoms with E-state index in [-0.39, 0.29) is 17.5 Å². The van der Waals surface area contributed by atoms with E-state index in [2.05, 4.69) is 32.2 Å². The maximum absolute atomic E-state index is 12.9. The maximum atomic E-state index is 12.9. The fourth-order valence-corrected chi connectivity index (χ4v) is 3.85. The molecule has 9 nitrogen and oxygen atoms in total. The first-order valence-electron chi connectivity index (χ1n) is 10.2. The third-order valence-electron chi connectivity index (χ3n) is 5.72. The molecule has 0 saturated carbocycles. The molecule has 3 aromatic rings. The van der Waals surface area contributed by atoms with Crippen LogP contribution in [0.3, 0.4) is 0 Å². The highest BCUT2D eigenvalue weighted by Crippen LogP contribution is 2.26. The van der Waals surface area contributed by atoms with E-state index in [0.717, 1.165) is 37.6 Å². The minimum Gasteiger partial charge on any atom is -0.468 e. The van der Waals surface area contributed by atoms with Gasteiger partial charge in [0.2, 0.25) is 0 Å². The number of carbonyl (C=O) groups excluding carboxylic acids is 1. The van der Waals surface area contributed by atoms with Crippen molar-refractivity contribution in [3.05, 3.63) is 64.4 Å². The highest BCUT2D eigenvalue weighted by atomic mass is 16.3. The molecule has 3 aromatic heterocycles.